The highest BCUT2D eigenvalue weighted by Gasteiger charge is 2.20. The molecule has 0 bridgehead atoms. The number of amides is 2. The van der Waals surface area contributed by atoms with Crippen LogP contribution < -0.4 is 5.32 Å². The summed E-state index contributed by atoms with van der Waals surface area (Å²) >= 11 is 1.37. The lowest BCUT2D eigenvalue weighted by atomic mass is 10.1. The quantitative estimate of drug-likeness (QED) is 0.723. The summed E-state index contributed by atoms with van der Waals surface area (Å²) < 4.78 is 33.2. The lowest BCUT2D eigenvalue weighted by molar-refractivity contribution is 0.0306. The molecule has 1 saturated heterocycles. The molecular formula is C20H16F2N2O3S. The van der Waals surface area contributed by atoms with E-state index < -0.39 is 17.5 Å². The zero-order valence-corrected chi connectivity index (χ0v) is 15.5. The average molecular weight is 402 g/mol. The minimum absolute atomic E-state index is 0.0445. The Morgan fingerprint density at radius 3 is 2.61 bits per heavy atom. The second-order valence-corrected chi connectivity index (χ2v) is 7.43. The van der Waals surface area contributed by atoms with E-state index >= 15 is 0 Å². The van der Waals surface area contributed by atoms with E-state index in [1.54, 1.807) is 29.2 Å². The topological polar surface area (TPSA) is 58.6 Å². The molecule has 0 unspecified atom stereocenters. The van der Waals surface area contributed by atoms with Crippen LogP contribution in [0.25, 0.3) is 10.1 Å². The molecule has 144 valence electrons. The number of carbonyl (C=O) groups excluding carboxylic acids is 2. The largest absolute Gasteiger partial charge is 0.378 e. The van der Waals surface area contributed by atoms with Crippen LogP contribution in [0.2, 0.25) is 0 Å². The van der Waals surface area contributed by atoms with Crippen molar-refractivity contribution in [1.82, 2.24) is 4.90 Å². The maximum Gasteiger partial charge on any atom is 0.264 e. The Balaban J connectivity index is 1.55. The van der Waals surface area contributed by atoms with Crippen LogP contribution in [-0.4, -0.2) is 43.0 Å². The molecule has 1 aliphatic rings. The van der Waals surface area contributed by atoms with E-state index in [0.717, 1.165) is 28.3 Å². The molecule has 2 aromatic carbocycles. The third-order valence-electron chi connectivity index (χ3n) is 4.46. The first-order chi connectivity index (χ1) is 13.5. The molecule has 0 atom stereocenters. The van der Waals surface area contributed by atoms with Crippen molar-refractivity contribution in [3.05, 3.63) is 64.5 Å². The van der Waals surface area contributed by atoms with Crippen LogP contribution in [0, 0.1) is 11.6 Å². The van der Waals surface area contributed by atoms with E-state index in [2.05, 4.69) is 5.32 Å². The molecular weight excluding hydrogens is 386 g/mol. The highest BCUT2D eigenvalue weighted by atomic mass is 32.1. The number of nitrogens with one attached hydrogen (secondary N) is 1. The molecule has 5 nitrogen and oxygen atoms in total. The van der Waals surface area contributed by atoms with Crippen LogP contribution in [-0.2, 0) is 4.74 Å². The minimum atomic E-state index is -0.797. The summed E-state index contributed by atoms with van der Waals surface area (Å²) in [5, 5.41) is 3.36. The fourth-order valence-electron chi connectivity index (χ4n) is 3.02. The van der Waals surface area contributed by atoms with Crippen molar-refractivity contribution in [2.45, 2.75) is 0 Å². The van der Waals surface area contributed by atoms with Gasteiger partial charge < -0.3 is 15.0 Å². The van der Waals surface area contributed by atoms with Crippen LogP contribution in [0.3, 0.4) is 0 Å². The van der Waals surface area contributed by atoms with Gasteiger partial charge in [-0.1, -0.05) is 0 Å². The van der Waals surface area contributed by atoms with E-state index in [1.165, 1.54) is 11.3 Å². The maximum absolute atomic E-state index is 13.8. The molecule has 0 aliphatic carbocycles. The van der Waals surface area contributed by atoms with Crippen molar-refractivity contribution < 1.29 is 23.1 Å². The normalized spacial score (nSPS) is 14.3. The summed E-state index contributed by atoms with van der Waals surface area (Å²) in [7, 11) is 0. The zero-order valence-electron chi connectivity index (χ0n) is 14.7. The van der Waals surface area contributed by atoms with Gasteiger partial charge in [0.25, 0.3) is 11.8 Å². The fourth-order valence-corrected chi connectivity index (χ4v) is 4.03. The second-order valence-electron chi connectivity index (χ2n) is 6.35. The van der Waals surface area contributed by atoms with Gasteiger partial charge in [0, 0.05) is 23.5 Å². The number of ether oxygens (including phenoxy) is 1. The van der Waals surface area contributed by atoms with Gasteiger partial charge in [0.15, 0.2) is 0 Å². The first-order valence-corrected chi connectivity index (χ1v) is 9.50. The summed E-state index contributed by atoms with van der Waals surface area (Å²) in [6, 6.07) is 9.65. The average Bonchev–Trinajstić information content (AvgIpc) is 3.13. The SMILES string of the molecule is O=C(Nc1ccc2sc(C(=O)N3CCOCC3)cc2c1)c1cc(F)ccc1F. The number of thiophene rings is 1. The molecule has 2 heterocycles. The molecule has 0 spiro atoms. The van der Waals surface area contributed by atoms with Crippen LogP contribution in [0.5, 0.6) is 0 Å². The highest BCUT2D eigenvalue weighted by Crippen LogP contribution is 2.29. The summed E-state index contributed by atoms with van der Waals surface area (Å²) in [5.41, 5.74) is 0.0675. The number of nitrogens with zero attached hydrogens (tertiary/aromatic N) is 1. The van der Waals surface area contributed by atoms with Crippen molar-refractivity contribution in [2.24, 2.45) is 0 Å². The first kappa shape index (κ1) is 18.5. The lowest BCUT2D eigenvalue weighted by Gasteiger charge is -2.26. The summed E-state index contributed by atoms with van der Waals surface area (Å²) in [6.07, 6.45) is 0. The maximum atomic E-state index is 13.8. The third kappa shape index (κ3) is 3.74. The van der Waals surface area contributed by atoms with Crippen molar-refractivity contribution >= 4 is 38.9 Å². The Hall–Kier alpha value is -2.84. The Labute approximate surface area is 163 Å². The van der Waals surface area contributed by atoms with E-state index in [-0.39, 0.29) is 11.5 Å². The Bertz CT molecular complexity index is 1060. The second kappa shape index (κ2) is 7.65. The van der Waals surface area contributed by atoms with Gasteiger partial charge in [-0.05, 0) is 47.9 Å². The smallest absolute Gasteiger partial charge is 0.264 e. The van der Waals surface area contributed by atoms with Gasteiger partial charge in [0.05, 0.1) is 23.7 Å². The number of hydrogen-bond donors (Lipinski definition) is 1. The lowest BCUT2D eigenvalue weighted by Crippen LogP contribution is -2.40. The number of hydrogen-bond acceptors (Lipinski definition) is 4. The van der Waals surface area contributed by atoms with Gasteiger partial charge in [0.1, 0.15) is 11.6 Å². The molecule has 1 aromatic heterocycles. The Morgan fingerprint density at radius 1 is 1.04 bits per heavy atom. The van der Waals surface area contributed by atoms with Crippen molar-refractivity contribution in [2.75, 3.05) is 31.6 Å². The molecule has 3 aromatic rings. The van der Waals surface area contributed by atoms with Crippen molar-refractivity contribution in [1.29, 1.82) is 0 Å². The van der Waals surface area contributed by atoms with E-state index in [0.29, 0.717) is 36.9 Å². The monoisotopic (exact) mass is 402 g/mol. The van der Waals surface area contributed by atoms with Crippen LogP contribution in [0.1, 0.15) is 20.0 Å². The summed E-state index contributed by atoms with van der Waals surface area (Å²) in [6.45, 7) is 2.19. The van der Waals surface area contributed by atoms with E-state index in [1.807, 2.05) is 0 Å². The standard InChI is InChI=1S/C20H16F2N2O3S/c21-13-1-3-16(22)15(11-13)19(25)23-14-2-4-17-12(9-14)10-18(28-17)20(26)24-5-7-27-8-6-24/h1-4,9-11H,5-8H2,(H,23,25). The number of anilines is 1. The number of benzene rings is 2. The molecule has 1 aliphatic heterocycles. The predicted octanol–water partition coefficient (Wildman–Crippen LogP) is 3.90. The third-order valence-corrected chi connectivity index (χ3v) is 5.56. The van der Waals surface area contributed by atoms with Crippen LogP contribution >= 0.6 is 11.3 Å². The molecule has 8 heteroatoms. The summed E-state index contributed by atoms with van der Waals surface area (Å²) in [4.78, 5) is 27.2. The van der Waals surface area contributed by atoms with Gasteiger partial charge in [-0.3, -0.25) is 9.59 Å². The molecule has 0 saturated carbocycles. The molecule has 1 fully saturated rings. The van der Waals surface area contributed by atoms with Crippen molar-refractivity contribution in [3.63, 3.8) is 0 Å². The highest BCUT2D eigenvalue weighted by molar-refractivity contribution is 7.20. The van der Waals surface area contributed by atoms with Crippen LogP contribution in [0.15, 0.2) is 42.5 Å². The van der Waals surface area contributed by atoms with Gasteiger partial charge in [0.2, 0.25) is 0 Å². The fraction of sp³-hybridized carbons (Fsp3) is 0.200. The molecule has 2 amide bonds. The van der Waals surface area contributed by atoms with Gasteiger partial charge in [-0.2, -0.15) is 0 Å². The zero-order chi connectivity index (χ0) is 19.7. The molecule has 0 radical (unpaired) electrons. The Kier molecular flexibility index (Phi) is 5.06. The van der Waals surface area contributed by atoms with E-state index in [9.17, 15) is 18.4 Å². The molecule has 1 N–H and O–H groups in total. The minimum Gasteiger partial charge on any atom is -0.378 e. The van der Waals surface area contributed by atoms with Gasteiger partial charge in [-0.25, -0.2) is 8.78 Å². The van der Waals surface area contributed by atoms with Crippen molar-refractivity contribution in [3.8, 4) is 0 Å². The number of fused-ring (bicyclic) bond motifs is 1. The number of rotatable bonds is 3. The molecule has 28 heavy (non-hydrogen) atoms. The van der Waals surface area contributed by atoms with Crippen LogP contribution in [0.4, 0.5) is 14.5 Å². The van der Waals surface area contributed by atoms with E-state index in [4.69, 9.17) is 4.74 Å². The molecule has 4 rings (SSSR count). The summed E-state index contributed by atoms with van der Waals surface area (Å²) in [5.74, 6) is -2.27. The number of morpholine rings is 1. The predicted molar refractivity (Wildman–Crippen MR) is 103 cm³/mol. The van der Waals surface area contributed by atoms with Gasteiger partial charge >= 0.3 is 0 Å². The Morgan fingerprint density at radius 2 is 1.82 bits per heavy atom. The van der Waals surface area contributed by atoms with Gasteiger partial charge in [-0.15, -0.1) is 11.3 Å². The number of halogens is 2. The number of carbonyl (C=O) groups is 2. The first-order valence-electron chi connectivity index (χ1n) is 8.68.